The SMILES string of the molecule is Cc1c(Cc2ccc(S(=O)(=O)N(C)C)c(Cl)c2)c(C(C)C)nn1C/C(F)=C/C[NH3+]. The minimum atomic E-state index is -3.61. The molecule has 0 saturated heterocycles. The van der Waals surface area contributed by atoms with Crippen molar-refractivity contribution >= 4 is 21.6 Å². The molecule has 0 aliphatic carbocycles. The smallest absolute Gasteiger partial charge is 0.244 e. The van der Waals surface area contributed by atoms with Crippen molar-refractivity contribution in [3.8, 4) is 0 Å². The Kier molecular flexibility index (Phi) is 7.62. The van der Waals surface area contributed by atoms with Gasteiger partial charge in [0.2, 0.25) is 10.0 Å². The Hall–Kier alpha value is -1.74. The van der Waals surface area contributed by atoms with Gasteiger partial charge in [-0.3, -0.25) is 4.68 Å². The van der Waals surface area contributed by atoms with E-state index in [0.717, 1.165) is 26.8 Å². The highest BCUT2D eigenvalue weighted by molar-refractivity contribution is 7.89. The molecule has 1 aromatic heterocycles. The van der Waals surface area contributed by atoms with Gasteiger partial charge in [-0.25, -0.2) is 17.1 Å². The van der Waals surface area contributed by atoms with Crippen molar-refractivity contribution in [3.63, 3.8) is 0 Å². The molecule has 6 nitrogen and oxygen atoms in total. The monoisotopic (exact) mass is 443 g/mol. The van der Waals surface area contributed by atoms with Crippen LogP contribution in [0.1, 0.15) is 42.3 Å². The fourth-order valence-corrected chi connectivity index (χ4v) is 4.51. The maximum absolute atomic E-state index is 14.0. The highest BCUT2D eigenvalue weighted by Crippen LogP contribution is 2.29. The fraction of sp³-hybridized carbons (Fsp3) is 0.450. The van der Waals surface area contributed by atoms with E-state index in [9.17, 15) is 12.8 Å². The minimum absolute atomic E-state index is 0.0713. The lowest BCUT2D eigenvalue weighted by molar-refractivity contribution is -0.353. The first-order chi connectivity index (χ1) is 13.5. The molecule has 0 atom stereocenters. The lowest BCUT2D eigenvalue weighted by Gasteiger charge is -2.14. The van der Waals surface area contributed by atoms with Crippen molar-refractivity contribution in [2.45, 2.75) is 44.6 Å². The van der Waals surface area contributed by atoms with Gasteiger partial charge in [-0.1, -0.05) is 31.5 Å². The second-order valence-electron chi connectivity index (χ2n) is 7.43. The van der Waals surface area contributed by atoms with Gasteiger partial charge in [0, 0.05) is 37.8 Å². The second-order valence-corrected chi connectivity index (χ2v) is 9.96. The Morgan fingerprint density at radius 1 is 1.38 bits per heavy atom. The zero-order valence-corrected chi connectivity index (χ0v) is 19.1. The normalized spacial score (nSPS) is 13.0. The molecule has 0 amide bonds. The molecular formula is C20H29ClFN4O2S+. The van der Waals surface area contributed by atoms with Crippen LogP contribution in [-0.4, -0.2) is 43.1 Å². The summed E-state index contributed by atoms with van der Waals surface area (Å²) >= 11 is 6.29. The number of quaternary nitrogens is 1. The van der Waals surface area contributed by atoms with Gasteiger partial charge < -0.3 is 5.73 Å². The average Bonchev–Trinajstić information content (AvgIpc) is 2.91. The quantitative estimate of drug-likeness (QED) is 0.680. The number of rotatable bonds is 8. The largest absolute Gasteiger partial charge is 0.354 e. The Bertz CT molecular complexity index is 1010. The number of aromatic nitrogens is 2. The van der Waals surface area contributed by atoms with Gasteiger partial charge in [0.05, 0.1) is 23.8 Å². The molecule has 160 valence electrons. The number of sulfonamides is 1. The van der Waals surface area contributed by atoms with Crippen molar-refractivity contribution in [2.24, 2.45) is 0 Å². The van der Waals surface area contributed by atoms with Crippen molar-refractivity contribution in [3.05, 3.63) is 57.6 Å². The van der Waals surface area contributed by atoms with Gasteiger partial charge in [-0.2, -0.15) is 5.10 Å². The first-order valence-electron chi connectivity index (χ1n) is 9.39. The van der Waals surface area contributed by atoms with Crippen LogP contribution in [0.2, 0.25) is 5.02 Å². The maximum Gasteiger partial charge on any atom is 0.244 e. The standard InChI is InChI=1S/C20H28ClFN4O2S/c1-13(2)20-17(14(3)26(24-20)12-16(22)8-9-23)10-15-6-7-19(18(21)11-15)29(27,28)25(4)5/h6-8,11,13H,9-10,12,23H2,1-5H3/p+1/b16-8-. The zero-order valence-electron chi connectivity index (χ0n) is 17.5. The van der Waals surface area contributed by atoms with Crippen molar-refractivity contribution in [1.29, 1.82) is 0 Å². The molecule has 1 heterocycles. The van der Waals surface area contributed by atoms with Gasteiger partial charge in [-0.15, -0.1) is 0 Å². The van der Waals surface area contributed by atoms with Crippen LogP contribution in [-0.2, 0) is 23.0 Å². The average molecular weight is 444 g/mol. The molecule has 29 heavy (non-hydrogen) atoms. The number of hydrogen-bond acceptors (Lipinski definition) is 3. The Labute approximate surface area is 177 Å². The Balaban J connectivity index is 2.42. The molecule has 0 bridgehead atoms. The van der Waals surface area contributed by atoms with Crippen LogP contribution in [0.25, 0.3) is 0 Å². The molecule has 1 aromatic carbocycles. The number of halogens is 2. The van der Waals surface area contributed by atoms with E-state index in [1.165, 1.54) is 26.2 Å². The van der Waals surface area contributed by atoms with Gasteiger partial charge in [0.1, 0.15) is 10.7 Å². The number of hydrogen-bond donors (Lipinski definition) is 1. The molecule has 2 aromatic rings. The van der Waals surface area contributed by atoms with Crippen LogP contribution < -0.4 is 5.73 Å². The first kappa shape index (κ1) is 23.5. The summed E-state index contributed by atoms with van der Waals surface area (Å²) in [6.07, 6.45) is 1.97. The first-order valence-corrected chi connectivity index (χ1v) is 11.2. The lowest BCUT2D eigenvalue weighted by Crippen LogP contribution is -2.49. The molecular weight excluding hydrogens is 415 g/mol. The molecule has 0 spiro atoms. The summed E-state index contributed by atoms with van der Waals surface area (Å²) in [6, 6.07) is 4.95. The van der Waals surface area contributed by atoms with E-state index < -0.39 is 10.0 Å². The van der Waals surface area contributed by atoms with Gasteiger partial charge in [0.25, 0.3) is 0 Å². The van der Waals surface area contributed by atoms with E-state index in [4.69, 9.17) is 11.6 Å². The van der Waals surface area contributed by atoms with Crippen LogP contribution in [0, 0.1) is 6.92 Å². The minimum Gasteiger partial charge on any atom is -0.354 e. The van der Waals surface area contributed by atoms with Crippen molar-refractivity contribution in [1.82, 2.24) is 14.1 Å². The van der Waals surface area contributed by atoms with E-state index in [-0.39, 0.29) is 28.2 Å². The molecule has 0 aliphatic rings. The van der Waals surface area contributed by atoms with Gasteiger partial charge >= 0.3 is 0 Å². The summed E-state index contributed by atoms with van der Waals surface area (Å²) in [5.41, 5.74) is 7.28. The summed E-state index contributed by atoms with van der Waals surface area (Å²) in [7, 11) is -0.677. The predicted molar refractivity (Wildman–Crippen MR) is 113 cm³/mol. The molecule has 3 N–H and O–H groups in total. The van der Waals surface area contributed by atoms with Crippen molar-refractivity contribution < 1.29 is 18.5 Å². The molecule has 0 aliphatic heterocycles. The van der Waals surface area contributed by atoms with Gasteiger partial charge in [-0.05, 0) is 30.5 Å². The number of allylic oxidation sites excluding steroid dienone is 1. The van der Waals surface area contributed by atoms with E-state index >= 15 is 0 Å². The summed E-state index contributed by atoms with van der Waals surface area (Å²) in [6.45, 7) is 6.45. The maximum atomic E-state index is 14.0. The third-order valence-corrected chi connectivity index (χ3v) is 7.01. The molecule has 0 unspecified atom stereocenters. The highest BCUT2D eigenvalue weighted by Gasteiger charge is 2.22. The summed E-state index contributed by atoms with van der Waals surface area (Å²) < 4.78 is 41.5. The molecule has 0 saturated carbocycles. The second kappa shape index (κ2) is 9.38. The van der Waals surface area contributed by atoms with Crippen LogP contribution in [0.3, 0.4) is 0 Å². The lowest BCUT2D eigenvalue weighted by atomic mass is 9.98. The number of benzene rings is 1. The molecule has 2 rings (SSSR count). The third kappa shape index (κ3) is 5.25. The fourth-order valence-electron chi connectivity index (χ4n) is 3.07. The van der Waals surface area contributed by atoms with E-state index in [0.29, 0.717) is 13.0 Å². The van der Waals surface area contributed by atoms with E-state index in [1.54, 1.807) is 16.8 Å². The van der Waals surface area contributed by atoms with E-state index in [1.807, 2.05) is 20.8 Å². The Morgan fingerprint density at radius 3 is 2.55 bits per heavy atom. The topological polar surface area (TPSA) is 82.8 Å². The molecule has 9 heteroatoms. The summed E-state index contributed by atoms with van der Waals surface area (Å²) in [4.78, 5) is 0.0739. The highest BCUT2D eigenvalue weighted by atomic mass is 35.5. The molecule has 0 fully saturated rings. The Morgan fingerprint density at radius 2 is 2.03 bits per heavy atom. The van der Waals surface area contributed by atoms with Crippen LogP contribution in [0.4, 0.5) is 4.39 Å². The van der Waals surface area contributed by atoms with Crippen LogP contribution in [0.5, 0.6) is 0 Å². The predicted octanol–water partition coefficient (Wildman–Crippen LogP) is 2.90. The van der Waals surface area contributed by atoms with Crippen molar-refractivity contribution in [2.75, 3.05) is 20.6 Å². The number of nitrogens with zero attached hydrogens (tertiary/aromatic N) is 3. The summed E-state index contributed by atoms with van der Waals surface area (Å²) in [5, 5.41) is 4.79. The van der Waals surface area contributed by atoms with Crippen LogP contribution >= 0.6 is 11.6 Å². The molecule has 0 radical (unpaired) electrons. The summed E-state index contributed by atoms with van der Waals surface area (Å²) in [5.74, 6) is -0.109. The van der Waals surface area contributed by atoms with E-state index in [2.05, 4.69) is 10.8 Å². The third-order valence-electron chi connectivity index (χ3n) is 4.71. The zero-order chi connectivity index (χ0) is 21.9. The van der Waals surface area contributed by atoms with Gasteiger partial charge in [0.15, 0.2) is 0 Å². The van der Waals surface area contributed by atoms with Crippen LogP contribution in [0.15, 0.2) is 35.0 Å².